The summed E-state index contributed by atoms with van der Waals surface area (Å²) in [5.74, 6) is 0.538. The van der Waals surface area contributed by atoms with Gasteiger partial charge in [0.2, 0.25) is 0 Å². The molecule has 1 aliphatic rings. The standard InChI is InChI=1S/C35H49N3O5/c1-10-41-27-14-12-26(13-15-27)17-22-42-24(2)11-16-29(36-9)28-23-37-25(3)30(32(33(39)40)43-34(4,5)6)31(28)38-20-18-35(7,8)19-21-38/h11-16,23,32H,9-10,17-22H2,1-8H3,(H,39,40)/b24-11+,29-16-/t32-/m0/s1. The fourth-order valence-electron chi connectivity index (χ4n) is 5.09. The first kappa shape index (κ1) is 33.8. The highest BCUT2D eigenvalue weighted by Crippen LogP contribution is 2.42. The lowest BCUT2D eigenvalue weighted by Crippen LogP contribution is -2.39. The molecule has 0 radical (unpaired) electrons. The molecule has 8 heteroatoms. The van der Waals surface area contributed by atoms with Gasteiger partial charge in [-0.1, -0.05) is 26.0 Å². The highest BCUT2D eigenvalue weighted by molar-refractivity contribution is 5.85. The van der Waals surface area contributed by atoms with E-state index >= 15 is 0 Å². The van der Waals surface area contributed by atoms with E-state index in [9.17, 15) is 9.90 Å². The second-order valence-corrected chi connectivity index (χ2v) is 12.8. The minimum absolute atomic E-state index is 0.213. The lowest BCUT2D eigenvalue weighted by Gasteiger charge is -2.40. The number of aliphatic imine (C=N–C) groups is 1. The Bertz CT molecular complexity index is 1310. The maximum Gasteiger partial charge on any atom is 0.337 e. The number of carboxylic acids is 1. The Hall–Kier alpha value is -3.65. The van der Waals surface area contributed by atoms with Crippen molar-refractivity contribution >= 4 is 24.1 Å². The lowest BCUT2D eigenvalue weighted by atomic mass is 9.82. The Balaban J connectivity index is 1.95. The van der Waals surface area contributed by atoms with Gasteiger partial charge in [-0.15, -0.1) is 0 Å². The molecule has 1 fully saturated rings. The third-order valence-electron chi connectivity index (χ3n) is 7.56. The van der Waals surface area contributed by atoms with E-state index in [1.165, 1.54) is 5.56 Å². The number of carbonyl (C=O) groups is 1. The molecule has 1 N–H and O–H groups in total. The second kappa shape index (κ2) is 14.7. The summed E-state index contributed by atoms with van der Waals surface area (Å²) in [6, 6.07) is 8.04. The van der Waals surface area contributed by atoms with Gasteiger partial charge in [-0.25, -0.2) is 4.79 Å². The van der Waals surface area contributed by atoms with E-state index in [4.69, 9.17) is 14.2 Å². The SMILES string of the molecule is C=N/C(=C\C=C(/C)OCCc1ccc(OCC)cc1)c1cnc(C)c([C@H](OC(C)(C)C)C(=O)O)c1N1CCC(C)(C)CC1. The number of aryl methyl sites for hydroxylation is 1. The van der Waals surface area contributed by atoms with E-state index in [1.54, 1.807) is 6.20 Å². The summed E-state index contributed by atoms with van der Waals surface area (Å²) in [7, 11) is 0. The first-order valence-electron chi connectivity index (χ1n) is 15.1. The van der Waals surface area contributed by atoms with Gasteiger partial charge in [0.1, 0.15) is 5.75 Å². The number of carboxylic acid groups (broad SMARTS) is 1. The number of nitrogens with zero attached hydrogens (tertiary/aromatic N) is 3. The molecule has 1 aromatic carbocycles. The van der Waals surface area contributed by atoms with Crippen LogP contribution in [-0.4, -0.2) is 54.7 Å². The normalized spacial score (nSPS) is 16.5. The van der Waals surface area contributed by atoms with Crippen LogP contribution in [0.4, 0.5) is 5.69 Å². The van der Waals surface area contributed by atoms with Crippen LogP contribution in [0.25, 0.3) is 5.70 Å². The maximum absolute atomic E-state index is 12.6. The molecule has 234 valence electrons. The molecule has 0 spiro atoms. The van der Waals surface area contributed by atoms with Crippen molar-refractivity contribution in [2.75, 3.05) is 31.2 Å². The van der Waals surface area contributed by atoms with Gasteiger partial charge in [0.25, 0.3) is 0 Å². The van der Waals surface area contributed by atoms with Crippen molar-refractivity contribution in [3.8, 4) is 5.75 Å². The summed E-state index contributed by atoms with van der Waals surface area (Å²) in [5, 5.41) is 10.3. The van der Waals surface area contributed by atoms with Gasteiger partial charge in [-0.05, 0) is 96.4 Å². The smallest absolute Gasteiger partial charge is 0.337 e. The molecule has 8 nitrogen and oxygen atoms in total. The number of piperidine rings is 1. The fourth-order valence-corrected chi connectivity index (χ4v) is 5.09. The van der Waals surface area contributed by atoms with Gasteiger partial charge in [0.05, 0.1) is 36.0 Å². The molecule has 0 unspecified atom stereocenters. The average Bonchev–Trinajstić information content (AvgIpc) is 2.93. The van der Waals surface area contributed by atoms with E-state index in [-0.39, 0.29) is 5.41 Å². The summed E-state index contributed by atoms with van der Waals surface area (Å²) < 4.78 is 17.6. The minimum Gasteiger partial charge on any atom is -0.498 e. The first-order chi connectivity index (χ1) is 20.2. The van der Waals surface area contributed by atoms with Gasteiger partial charge >= 0.3 is 5.97 Å². The Labute approximate surface area is 257 Å². The number of pyridine rings is 1. The van der Waals surface area contributed by atoms with E-state index in [0.29, 0.717) is 30.2 Å². The van der Waals surface area contributed by atoms with E-state index < -0.39 is 17.7 Å². The van der Waals surface area contributed by atoms with Crippen LogP contribution in [0, 0.1) is 12.3 Å². The van der Waals surface area contributed by atoms with Crippen LogP contribution in [0.1, 0.15) is 89.8 Å². The van der Waals surface area contributed by atoms with E-state index in [1.807, 2.05) is 78.0 Å². The number of aliphatic carboxylic acids is 1. The third kappa shape index (κ3) is 9.68. The molecule has 2 aromatic rings. The number of rotatable bonds is 13. The molecule has 0 saturated carbocycles. The topological polar surface area (TPSA) is 93.5 Å². The van der Waals surface area contributed by atoms with Crippen molar-refractivity contribution in [3.05, 3.63) is 70.8 Å². The molecule has 0 aliphatic carbocycles. The second-order valence-electron chi connectivity index (χ2n) is 12.8. The van der Waals surface area contributed by atoms with Crippen molar-refractivity contribution in [2.24, 2.45) is 10.4 Å². The van der Waals surface area contributed by atoms with Gasteiger partial charge in [0, 0.05) is 42.5 Å². The summed E-state index contributed by atoms with van der Waals surface area (Å²) in [6.45, 7) is 22.4. The van der Waals surface area contributed by atoms with Crippen LogP contribution in [0.15, 0.2) is 53.4 Å². The highest BCUT2D eigenvalue weighted by Gasteiger charge is 2.36. The van der Waals surface area contributed by atoms with Crippen LogP contribution in [-0.2, 0) is 20.7 Å². The predicted molar refractivity (Wildman–Crippen MR) is 174 cm³/mol. The molecule has 1 saturated heterocycles. The number of benzene rings is 1. The first-order valence-corrected chi connectivity index (χ1v) is 15.1. The average molecular weight is 592 g/mol. The van der Waals surface area contributed by atoms with Crippen LogP contribution >= 0.6 is 0 Å². The molecular weight excluding hydrogens is 542 g/mol. The molecule has 1 aromatic heterocycles. The number of aromatic nitrogens is 1. The largest absolute Gasteiger partial charge is 0.498 e. The molecule has 2 heterocycles. The van der Waals surface area contributed by atoms with Crippen LogP contribution in [0.2, 0.25) is 0 Å². The Morgan fingerprint density at radius 2 is 1.84 bits per heavy atom. The molecule has 3 rings (SSSR count). The summed E-state index contributed by atoms with van der Waals surface area (Å²) in [5.41, 5.74) is 3.98. The van der Waals surface area contributed by atoms with Crippen LogP contribution in [0.5, 0.6) is 5.75 Å². The molecule has 1 aliphatic heterocycles. The summed E-state index contributed by atoms with van der Waals surface area (Å²) >= 11 is 0. The number of allylic oxidation sites excluding steroid dienone is 3. The Morgan fingerprint density at radius 1 is 1.19 bits per heavy atom. The number of hydrogen-bond donors (Lipinski definition) is 1. The number of anilines is 1. The van der Waals surface area contributed by atoms with Gasteiger partial charge in [-0.3, -0.25) is 9.98 Å². The van der Waals surface area contributed by atoms with Gasteiger partial charge in [-0.2, -0.15) is 0 Å². The summed E-state index contributed by atoms with van der Waals surface area (Å²) in [6.07, 6.45) is 7.02. The number of hydrogen-bond acceptors (Lipinski definition) is 7. The zero-order valence-corrected chi connectivity index (χ0v) is 27.2. The van der Waals surface area contributed by atoms with Crippen LogP contribution < -0.4 is 9.64 Å². The molecule has 0 amide bonds. The van der Waals surface area contributed by atoms with E-state index in [0.717, 1.165) is 55.1 Å². The van der Waals surface area contributed by atoms with Crippen LogP contribution in [0.3, 0.4) is 0 Å². The fraction of sp³-hybridized carbons (Fsp3) is 0.514. The number of ether oxygens (including phenoxy) is 3. The zero-order chi connectivity index (χ0) is 31.8. The third-order valence-corrected chi connectivity index (χ3v) is 7.56. The molecule has 0 bridgehead atoms. The minimum atomic E-state index is -1.19. The van der Waals surface area contributed by atoms with E-state index in [2.05, 4.69) is 35.4 Å². The maximum atomic E-state index is 12.6. The van der Waals surface area contributed by atoms with Crippen molar-refractivity contribution < 1.29 is 24.1 Å². The van der Waals surface area contributed by atoms with Gasteiger partial charge in [0.15, 0.2) is 6.10 Å². The lowest BCUT2D eigenvalue weighted by molar-refractivity contribution is -0.160. The monoisotopic (exact) mass is 591 g/mol. The molecule has 1 atom stereocenters. The quantitative estimate of drug-likeness (QED) is 0.146. The van der Waals surface area contributed by atoms with Crippen molar-refractivity contribution in [1.82, 2.24) is 4.98 Å². The molecule has 43 heavy (non-hydrogen) atoms. The Morgan fingerprint density at radius 3 is 2.40 bits per heavy atom. The highest BCUT2D eigenvalue weighted by atomic mass is 16.5. The predicted octanol–water partition coefficient (Wildman–Crippen LogP) is 7.56. The molecular formula is C35H49N3O5. The summed E-state index contributed by atoms with van der Waals surface area (Å²) in [4.78, 5) is 23.9. The van der Waals surface area contributed by atoms with Crippen molar-refractivity contribution in [1.29, 1.82) is 0 Å². The van der Waals surface area contributed by atoms with Crippen molar-refractivity contribution in [2.45, 2.75) is 86.4 Å². The Kier molecular flexibility index (Phi) is 11.6. The zero-order valence-electron chi connectivity index (χ0n) is 27.2. The van der Waals surface area contributed by atoms with Crippen molar-refractivity contribution in [3.63, 3.8) is 0 Å². The van der Waals surface area contributed by atoms with Gasteiger partial charge < -0.3 is 24.2 Å².